The molecule has 0 amide bonds. The zero-order valence-corrected chi connectivity index (χ0v) is 11.1. The first-order chi connectivity index (χ1) is 8.35. The average Bonchev–Trinajstić information content (AvgIpc) is 2.78. The van der Waals surface area contributed by atoms with E-state index in [1.807, 2.05) is 0 Å². The van der Waals surface area contributed by atoms with E-state index in [9.17, 15) is 0 Å². The fourth-order valence-electron chi connectivity index (χ4n) is 2.50. The van der Waals surface area contributed by atoms with Crippen LogP contribution in [0.2, 0.25) is 0 Å². The average molecular weight is 264 g/mol. The standard InChI is InChI=1S/C14H14ClNS/c15-9-12-10-17-13(16-12)14(7-4-8-14)11-5-2-1-3-6-11/h1-3,5-6,10H,4,7-9H2. The molecule has 0 bridgehead atoms. The van der Waals surface area contributed by atoms with Crippen LogP contribution in [-0.2, 0) is 11.3 Å². The molecule has 0 unspecified atom stereocenters. The molecule has 0 radical (unpaired) electrons. The van der Waals surface area contributed by atoms with Crippen molar-refractivity contribution in [2.45, 2.75) is 30.6 Å². The zero-order chi connectivity index (χ0) is 11.7. The minimum absolute atomic E-state index is 0.177. The van der Waals surface area contributed by atoms with Crippen LogP contribution >= 0.6 is 22.9 Å². The predicted octanol–water partition coefficient (Wildman–Crippen LogP) is 4.35. The number of halogens is 1. The van der Waals surface area contributed by atoms with Crippen LogP contribution in [0.3, 0.4) is 0 Å². The van der Waals surface area contributed by atoms with Gasteiger partial charge in [-0.2, -0.15) is 0 Å². The van der Waals surface area contributed by atoms with Crippen LogP contribution in [0.5, 0.6) is 0 Å². The zero-order valence-electron chi connectivity index (χ0n) is 9.53. The molecule has 1 nitrogen and oxygen atoms in total. The lowest BCUT2D eigenvalue weighted by molar-refractivity contribution is 0.300. The van der Waals surface area contributed by atoms with Crippen LogP contribution in [0, 0.1) is 0 Å². The number of thiazole rings is 1. The third kappa shape index (κ3) is 1.80. The molecular formula is C14H14ClNS. The van der Waals surface area contributed by atoms with E-state index >= 15 is 0 Å². The largest absolute Gasteiger partial charge is 0.244 e. The van der Waals surface area contributed by atoms with Crippen molar-refractivity contribution in [2.75, 3.05) is 0 Å². The highest BCUT2D eigenvalue weighted by atomic mass is 35.5. The van der Waals surface area contributed by atoms with Crippen LogP contribution in [-0.4, -0.2) is 4.98 Å². The summed E-state index contributed by atoms with van der Waals surface area (Å²) in [6.07, 6.45) is 3.73. The summed E-state index contributed by atoms with van der Waals surface area (Å²) in [4.78, 5) is 4.69. The van der Waals surface area contributed by atoms with E-state index in [1.54, 1.807) is 11.3 Å². The van der Waals surface area contributed by atoms with E-state index in [0.29, 0.717) is 5.88 Å². The van der Waals surface area contributed by atoms with Gasteiger partial charge in [-0.25, -0.2) is 4.98 Å². The number of rotatable bonds is 3. The van der Waals surface area contributed by atoms with Gasteiger partial charge in [0.25, 0.3) is 0 Å². The second-order valence-corrected chi connectivity index (χ2v) is 5.70. The van der Waals surface area contributed by atoms with Gasteiger partial charge in [0, 0.05) is 10.8 Å². The van der Waals surface area contributed by atoms with Crippen LogP contribution < -0.4 is 0 Å². The Hall–Kier alpha value is -0.860. The number of aromatic nitrogens is 1. The minimum Gasteiger partial charge on any atom is -0.244 e. The van der Waals surface area contributed by atoms with Crippen molar-refractivity contribution in [3.8, 4) is 0 Å². The lowest BCUT2D eigenvalue weighted by atomic mass is 9.65. The van der Waals surface area contributed by atoms with Crippen LogP contribution in [0.4, 0.5) is 0 Å². The Morgan fingerprint density at radius 3 is 2.53 bits per heavy atom. The summed E-state index contributed by atoms with van der Waals surface area (Å²) in [7, 11) is 0. The lowest BCUT2D eigenvalue weighted by Crippen LogP contribution is -2.35. The Kier molecular flexibility index (Phi) is 2.93. The van der Waals surface area contributed by atoms with E-state index in [4.69, 9.17) is 11.6 Å². The molecule has 1 aromatic carbocycles. The van der Waals surface area contributed by atoms with Gasteiger partial charge in [-0.05, 0) is 18.4 Å². The molecule has 3 rings (SSSR count). The fraction of sp³-hybridized carbons (Fsp3) is 0.357. The van der Waals surface area contributed by atoms with Gasteiger partial charge in [-0.1, -0.05) is 36.8 Å². The summed E-state index contributed by atoms with van der Waals surface area (Å²) in [5.74, 6) is 0.515. The van der Waals surface area contributed by atoms with Gasteiger partial charge in [0.2, 0.25) is 0 Å². The molecule has 2 aromatic rings. The molecular weight excluding hydrogens is 250 g/mol. The molecule has 1 saturated carbocycles. The Morgan fingerprint density at radius 1 is 1.24 bits per heavy atom. The van der Waals surface area contributed by atoms with Gasteiger partial charge in [-0.15, -0.1) is 22.9 Å². The predicted molar refractivity (Wildman–Crippen MR) is 72.7 cm³/mol. The van der Waals surface area contributed by atoms with Crippen molar-refractivity contribution in [1.82, 2.24) is 4.98 Å². The van der Waals surface area contributed by atoms with Crippen molar-refractivity contribution in [1.29, 1.82) is 0 Å². The Labute approximate surface area is 110 Å². The second-order valence-electron chi connectivity index (χ2n) is 4.58. The smallest absolute Gasteiger partial charge is 0.103 e. The normalized spacial score (nSPS) is 17.7. The van der Waals surface area contributed by atoms with Crippen molar-refractivity contribution < 1.29 is 0 Å². The monoisotopic (exact) mass is 263 g/mol. The SMILES string of the molecule is ClCc1csc(C2(c3ccccc3)CCC2)n1. The van der Waals surface area contributed by atoms with Gasteiger partial charge in [0.15, 0.2) is 0 Å². The van der Waals surface area contributed by atoms with Crippen LogP contribution in [0.1, 0.15) is 35.5 Å². The van der Waals surface area contributed by atoms with E-state index in [-0.39, 0.29) is 5.41 Å². The maximum absolute atomic E-state index is 5.84. The molecule has 0 aliphatic heterocycles. The van der Waals surface area contributed by atoms with Crippen LogP contribution in [0.15, 0.2) is 35.7 Å². The third-order valence-corrected chi connectivity index (χ3v) is 5.00. The number of hydrogen-bond acceptors (Lipinski definition) is 2. The molecule has 0 atom stereocenters. The Balaban J connectivity index is 2.02. The molecule has 0 N–H and O–H groups in total. The van der Waals surface area contributed by atoms with E-state index in [0.717, 1.165) is 5.69 Å². The van der Waals surface area contributed by atoms with Gasteiger partial charge < -0.3 is 0 Å². The molecule has 0 saturated heterocycles. The Morgan fingerprint density at radius 2 is 2.00 bits per heavy atom. The molecule has 88 valence electrons. The molecule has 1 aliphatic rings. The van der Waals surface area contributed by atoms with Gasteiger partial charge in [-0.3, -0.25) is 0 Å². The van der Waals surface area contributed by atoms with E-state index < -0.39 is 0 Å². The first-order valence-corrected chi connectivity index (χ1v) is 7.33. The number of benzene rings is 1. The first-order valence-electron chi connectivity index (χ1n) is 5.91. The van der Waals surface area contributed by atoms with Crippen molar-refractivity contribution >= 4 is 22.9 Å². The topological polar surface area (TPSA) is 12.9 Å². The van der Waals surface area contributed by atoms with E-state index in [1.165, 1.54) is 29.8 Å². The summed E-state index contributed by atoms with van der Waals surface area (Å²) in [6.45, 7) is 0. The van der Waals surface area contributed by atoms with Gasteiger partial charge >= 0.3 is 0 Å². The second kappa shape index (κ2) is 4.43. The summed E-state index contributed by atoms with van der Waals surface area (Å²) in [5.41, 5.74) is 2.59. The Bertz CT molecular complexity index is 502. The summed E-state index contributed by atoms with van der Waals surface area (Å²) < 4.78 is 0. The molecule has 1 heterocycles. The van der Waals surface area contributed by atoms with Gasteiger partial charge in [0.05, 0.1) is 11.6 Å². The number of alkyl halides is 1. The first kappa shape index (κ1) is 11.2. The van der Waals surface area contributed by atoms with Crippen molar-refractivity contribution in [2.24, 2.45) is 0 Å². The molecule has 1 aliphatic carbocycles. The highest BCUT2D eigenvalue weighted by Crippen LogP contribution is 2.49. The highest BCUT2D eigenvalue weighted by molar-refractivity contribution is 7.09. The van der Waals surface area contributed by atoms with Crippen molar-refractivity contribution in [3.05, 3.63) is 52.0 Å². The number of nitrogens with zero attached hydrogens (tertiary/aromatic N) is 1. The molecule has 3 heteroatoms. The maximum Gasteiger partial charge on any atom is 0.103 e. The minimum atomic E-state index is 0.177. The highest BCUT2D eigenvalue weighted by Gasteiger charge is 2.42. The molecule has 1 fully saturated rings. The van der Waals surface area contributed by atoms with E-state index in [2.05, 4.69) is 40.7 Å². The summed E-state index contributed by atoms with van der Waals surface area (Å²) in [6, 6.07) is 10.8. The molecule has 1 aromatic heterocycles. The van der Waals surface area contributed by atoms with Gasteiger partial charge in [0.1, 0.15) is 5.01 Å². The molecule has 0 spiro atoms. The lowest BCUT2D eigenvalue weighted by Gasteiger charge is -2.40. The maximum atomic E-state index is 5.84. The number of hydrogen-bond donors (Lipinski definition) is 0. The third-order valence-electron chi connectivity index (χ3n) is 3.63. The quantitative estimate of drug-likeness (QED) is 0.750. The fourth-order valence-corrected chi connectivity index (χ4v) is 3.83. The molecule has 17 heavy (non-hydrogen) atoms. The summed E-state index contributed by atoms with van der Waals surface area (Å²) in [5, 5.41) is 3.33. The van der Waals surface area contributed by atoms with Crippen molar-refractivity contribution in [3.63, 3.8) is 0 Å². The van der Waals surface area contributed by atoms with Crippen LogP contribution in [0.25, 0.3) is 0 Å². The summed E-state index contributed by atoms with van der Waals surface area (Å²) >= 11 is 7.60.